The van der Waals surface area contributed by atoms with Crippen LogP contribution in [-0.2, 0) is 19.1 Å². The van der Waals surface area contributed by atoms with Crippen LogP contribution in [0.4, 0.5) is 0 Å². The lowest BCUT2D eigenvalue weighted by atomic mass is 10.1. The summed E-state index contributed by atoms with van der Waals surface area (Å²) in [5.41, 5.74) is 0. The quantitative estimate of drug-likeness (QED) is 0.534. The van der Waals surface area contributed by atoms with Gasteiger partial charge in [0.25, 0.3) is 0 Å². The van der Waals surface area contributed by atoms with Gasteiger partial charge in [-0.05, 0) is 12.8 Å². The third-order valence-corrected chi connectivity index (χ3v) is 2.25. The number of carbonyl (C=O) groups is 2. The fourth-order valence-electron chi connectivity index (χ4n) is 1.62. The van der Waals surface area contributed by atoms with Crippen LogP contribution in [0.2, 0.25) is 0 Å². The van der Waals surface area contributed by atoms with Crippen LogP contribution in [-0.4, -0.2) is 24.1 Å². The van der Waals surface area contributed by atoms with Crippen molar-refractivity contribution in [2.45, 2.75) is 37.9 Å². The molecule has 4 heteroatoms. The standard InChI is InChI=1S/C8H10O4/c9-7-3-1-5(11-7)6-2-4-8(10)12-6/h5-6H,1-4H2/t5-,6-/m0/s1. The monoisotopic (exact) mass is 170 g/mol. The Labute approximate surface area is 69.8 Å². The molecule has 0 unspecified atom stereocenters. The van der Waals surface area contributed by atoms with Gasteiger partial charge in [-0.2, -0.15) is 0 Å². The molecule has 2 rings (SSSR count). The molecule has 0 N–H and O–H groups in total. The summed E-state index contributed by atoms with van der Waals surface area (Å²) in [5.74, 6) is -0.356. The van der Waals surface area contributed by atoms with Gasteiger partial charge < -0.3 is 9.47 Å². The van der Waals surface area contributed by atoms with Crippen molar-refractivity contribution in [3.8, 4) is 0 Å². The van der Waals surface area contributed by atoms with Gasteiger partial charge in [-0.1, -0.05) is 0 Å². The Bertz CT molecular complexity index is 199. The van der Waals surface area contributed by atoms with Crippen LogP contribution in [0, 0.1) is 0 Å². The van der Waals surface area contributed by atoms with E-state index >= 15 is 0 Å². The molecule has 0 bridgehead atoms. The molecule has 2 heterocycles. The maximum absolute atomic E-state index is 10.7. The Morgan fingerprint density at radius 1 is 0.917 bits per heavy atom. The maximum atomic E-state index is 10.7. The Morgan fingerprint density at radius 3 is 1.58 bits per heavy atom. The van der Waals surface area contributed by atoms with E-state index in [2.05, 4.69) is 0 Å². The number of rotatable bonds is 1. The summed E-state index contributed by atoms with van der Waals surface area (Å²) in [4.78, 5) is 21.5. The van der Waals surface area contributed by atoms with Crippen molar-refractivity contribution in [2.75, 3.05) is 0 Å². The predicted octanol–water partition coefficient (Wildman–Crippen LogP) is 0.398. The molecule has 66 valence electrons. The molecule has 0 aromatic heterocycles. The van der Waals surface area contributed by atoms with Gasteiger partial charge in [-0.3, -0.25) is 9.59 Å². The summed E-state index contributed by atoms with van der Waals surface area (Å²) >= 11 is 0. The zero-order valence-electron chi connectivity index (χ0n) is 6.62. The van der Waals surface area contributed by atoms with E-state index in [1.165, 1.54) is 0 Å². The fraction of sp³-hybridized carbons (Fsp3) is 0.750. The second kappa shape index (κ2) is 2.77. The fourth-order valence-corrected chi connectivity index (χ4v) is 1.62. The van der Waals surface area contributed by atoms with Gasteiger partial charge in [0.1, 0.15) is 12.2 Å². The minimum Gasteiger partial charge on any atom is -0.458 e. The second-order valence-corrected chi connectivity index (χ2v) is 3.13. The van der Waals surface area contributed by atoms with Gasteiger partial charge in [-0.25, -0.2) is 0 Å². The van der Waals surface area contributed by atoms with E-state index in [0.717, 1.165) is 0 Å². The van der Waals surface area contributed by atoms with Gasteiger partial charge >= 0.3 is 11.9 Å². The normalized spacial score (nSPS) is 35.0. The van der Waals surface area contributed by atoms with Gasteiger partial charge in [0, 0.05) is 12.8 Å². The molecule has 0 radical (unpaired) electrons. The first-order valence-corrected chi connectivity index (χ1v) is 4.14. The van der Waals surface area contributed by atoms with Crippen LogP contribution >= 0.6 is 0 Å². The minimum atomic E-state index is -0.178. The van der Waals surface area contributed by atoms with Crippen molar-refractivity contribution in [2.24, 2.45) is 0 Å². The first-order chi connectivity index (χ1) is 5.75. The highest BCUT2D eigenvalue weighted by atomic mass is 16.6. The van der Waals surface area contributed by atoms with Crippen LogP contribution in [0.1, 0.15) is 25.7 Å². The van der Waals surface area contributed by atoms with Crippen molar-refractivity contribution in [3.63, 3.8) is 0 Å². The topological polar surface area (TPSA) is 52.6 Å². The van der Waals surface area contributed by atoms with Crippen LogP contribution in [0.5, 0.6) is 0 Å². The Morgan fingerprint density at radius 2 is 1.33 bits per heavy atom. The zero-order chi connectivity index (χ0) is 8.55. The predicted molar refractivity (Wildman–Crippen MR) is 38.2 cm³/mol. The summed E-state index contributed by atoms with van der Waals surface area (Å²) in [6.45, 7) is 0. The van der Waals surface area contributed by atoms with Crippen LogP contribution in [0.25, 0.3) is 0 Å². The molecule has 2 aliphatic rings. The number of esters is 2. The Balaban J connectivity index is 1.93. The van der Waals surface area contributed by atoms with E-state index in [1.807, 2.05) is 0 Å². The zero-order valence-corrected chi connectivity index (χ0v) is 6.62. The molecule has 4 nitrogen and oxygen atoms in total. The van der Waals surface area contributed by atoms with E-state index in [-0.39, 0.29) is 24.1 Å². The summed E-state index contributed by atoms with van der Waals surface area (Å²) in [6.07, 6.45) is 1.94. The summed E-state index contributed by atoms with van der Waals surface area (Å²) < 4.78 is 9.95. The highest BCUT2D eigenvalue weighted by Crippen LogP contribution is 2.26. The molecular weight excluding hydrogens is 160 g/mol. The van der Waals surface area contributed by atoms with Crippen molar-refractivity contribution in [1.82, 2.24) is 0 Å². The molecule has 2 atom stereocenters. The minimum absolute atomic E-state index is 0.177. The molecular formula is C8H10O4. The van der Waals surface area contributed by atoms with Crippen LogP contribution in [0.3, 0.4) is 0 Å². The highest BCUT2D eigenvalue weighted by molar-refractivity contribution is 5.73. The third kappa shape index (κ3) is 1.29. The lowest BCUT2D eigenvalue weighted by molar-refractivity contribution is -0.153. The summed E-state index contributed by atoms with van der Waals surface area (Å²) in [7, 11) is 0. The molecule has 2 saturated heterocycles. The molecule has 0 aromatic rings. The lowest BCUT2D eigenvalue weighted by Gasteiger charge is -2.15. The first-order valence-electron chi connectivity index (χ1n) is 4.14. The molecule has 0 amide bonds. The van der Waals surface area contributed by atoms with E-state index in [1.54, 1.807) is 0 Å². The smallest absolute Gasteiger partial charge is 0.306 e. The average molecular weight is 170 g/mol. The molecule has 0 saturated carbocycles. The number of hydrogen-bond acceptors (Lipinski definition) is 4. The van der Waals surface area contributed by atoms with Gasteiger partial charge in [0.05, 0.1) is 0 Å². The van der Waals surface area contributed by atoms with E-state index in [9.17, 15) is 9.59 Å². The molecule has 12 heavy (non-hydrogen) atoms. The third-order valence-electron chi connectivity index (χ3n) is 2.25. The van der Waals surface area contributed by atoms with Gasteiger partial charge in [0.2, 0.25) is 0 Å². The van der Waals surface area contributed by atoms with Crippen molar-refractivity contribution < 1.29 is 19.1 Å². The van der Waals surface area contributed by atoms with E-state index in [4.69, 9.17) is 9.47 Å². The number of carbonyl (C=O) groups excluding carboxylic acids is 2. The van der Waals surface area contributed by atoms with Crippen molar-refractivity contribution in [3.05, 3.63) is 0 Å². The molecule has 0 aromatic carbocycles. The SMILES string of the molecule is O=C1CC[C@@H]([C@@H]2CCC(=O)O2)O1. The molecule has 2 aliphatic heterocycles. The van der Waals surface area contributed by atoms with Crippen molar-refractivity contribution >= 4 is 11.9 Å². The van der Waals surface area contributed by atoms with Crippen LogP contribution in [0.15, 0.2) is 0 Å². The second-order valence-electron chi connectivity index (χ2n) is 3.13. The number of ether oxygens (including phenoxy) is 2. The molecule has 0 aliphatic carbocycles. The number of cyclic esters (lactones) is 2. The Kier molecular flexibility index (Phi) is 1.75. The highest BCUT2D eigenvalue weighted by Gasteiger charge is 2.36. The summed E-state index contributed by atoms with van der Waals surface area (Å²) in [6, 6.07) is 0. The van der Waals surface area contributed by atoms with Crippen molar-refractivity contribution in [1.29, 1.82) is 0 Å². The van der Waals surface area contributed by atoms with E-state index in [0.29, 0.717) is 25.7 Å². The van der Waals surface area contributed by atoms with Gasteiger partial charge in [0.15, 0.2) is 0 Å². The van der Waals surface area contributed by atoms with Crippen LogP contribution < -0.4 is 0 Å². The molecule has 0 spiro atoms. The maximum Gasteiger partial charge on any atom is 0.306 e. The molecule has 2 fully saturated rings. The lowest BCUT2D eigenvalue weighted by Crippen LogP contribution is -2.25. The average Bonchev–Trinajstić information content (AvgIpc) is 2.58. The first kappa shape index (κ1) is 7.58. The Hall–Kier alpha value is -1.06. The summed E-state index contributed by atoms with van der Waals surface area (Å²) in [5, 5.41) is 0. The number of hydrogen-bond donors (Lipinski definition) is 0. The van der Waals surface area contributed by atoms with E-state index < -0.39 is 0 Å². The van der Waals surface area contributed by atoms with Gasteiger partial charge in [-0.15, -0.1) is 0 Å². The largest absolute Gasteiger partial charge is 0.458 e.